The lowest BCUT2D eigenvalue weighted by Crippen LogP contribution is -2.24. The Hall–Kier alpha value is -3.25. The van der Waals surface area contributed by atoms with Gasteiger partial charge >= 0.3 is 6.18 Å². The molecule has 0 bridgehead atoms. The number of nitrogens with zero attached hydrogens (tertiary/aromatic N) is 3. The fourth-order valence-corrected chi connectivity index (χ4v) is 5.07. The Kier molecular flexibility index (Phi) is 8.61. The van der Waals surface area contributed by atoms with Gasteiger partial charge in [-0.15, -0.1) is 0 Å². The molecule has 0 aliphatic carbocycles. The highest BCUT2D eigenvalue weighted by Gasteiger charge is 2.37. The molecule has 0 aliphatic rings. The Morgan fingerprint density at radius 1 is 1.15 bits per heavy atom. The van der Waals surface area contributed by atoms with Crippen LogP contribution in [0, 0.1) is 6.92 Å². The van der Waals surface area contributed by atoms with Crippen molar-refractivity contribution in [2.45, 2.75) is 77.2 Å². The molecule has 1 atom stereocenters. The summed E-state index contributed by atoms with van der Waals surface area (Å²) in [5.41, 5.74) is -0.917. The molecule has 2 heterocycles. The van der Waals surface area contributed by atoms with Crippen LogP contribution in [-0.4, -0.2) is 39.7 Å². The summed E-state index contributed by atoms with van der Waals surface area (Å²) in [5, 5.41) is 12.7. The zero-order valence-electron chi connectivity index (χ0n) is 22.7. The van der Waals surface area contributed by atoms with Crippen molar-refractivity contribution in [3.05, 3.63) is 76.1 Å². The molecule has 39 heavy (non-hydrogen) atoms. The van der Waals surface area contributed by atoms with E-state index in [1.807, 2.05) is 20.8 Å². The number of imidazole rings is 1. The maximum absolute atomic E-state index is 14.1. The van der Waals surface area contributed by atoms with E-state index in [1.54, 1.807) is 11.5 Å². The van der Waals surface area contributed by atoms with Crippen LogP contribution in [0.1, 0.15) is 85.1 Å². The van der Waals surface area contributed by atoms with E-state index in [0.717, 1.165) is 0 Å². The number of benzene rings is 1. The highest BCUT2D eigenvalue weighted by molar-refractivity contribution is 7.91. The van der Waals surface area contributed by atoms with Gasteiger partial charge in [-0.3, -0.25) is 9.78 Å². The van der Waals surface area contributed by atoms with Crippen LogP contribution in [0.2, 0.25) is 0 Å². The molecule has 1 unspecified atom stereocenters. The molecular formula is C27H33F3N4O4S. The van der Waals surface area contributed by atoms with Gasteiger partial charge in [-0.25, -0.2) is 13.4 Å². The predicted octanol–water partition coefficient (Wildman–Crippen LogP) is 4.73. The Labute approximate surface area is 226 Å². The van der Waals surface area contributed by atoms with Gasteiger partial charge in [-0.1, -0.05) is 45.9 Å². The number of rotatable bonds is 8. The van der Waals surface area contributed by atoms with E-state index in [1.165, 1.54) is 50.4 Å². The predicted molar refractivity (Wildman–Crippen MR) is 140 cm³/mol. The average molecular weight is 567 g/mol. The fraction of sp³-hybridized carbons (Fsp3) is 0.444. The number of hydrogen-bond donors (Lipinski definition) is 2. The molecule has 1 aromatic carbocycles. The summed E-state index contributed by atoms with van der Waals surface area (Å²) in [6, 6.07) is 6.99. The second kappa shape index (κ2) is 11.1. The summed E-state index contributed by atoms with van der Waals surface area (Å²) < 4.78 is 67.8. The Morgan fingerprint density at radius 3 is 2.33 bits per heavy atom. The molecule has 0 saturated carbocycles. The molecule has 2 aromatic heterocycles. The summed E-state index contributed by atoms with van der Waals surface area (Å²) in [6.07, 6.45) is -4.78. The molecule has 12 heteroatoms. The second-order valence-corrected chi connectivity index (χ2v) is 12.6. The number of aliphatic hydroxyl groups is 1. The number of hydrogen-bond acceptors (Lipinski definition) is 6. The highest BCUT2D eigenvalue weighted by atomic mass is 32.2. The van der Waals surface area contributed by atoms with Crippen LogP contribution < -0.4 is 5.32 Å². The minimum Gasteiger partial charge on any atom is -0.389 e. The lowest BCUT2D eigenvalue weighted by Gasteiger charge is -2.23. The van der Waals surface area contributed by atoms with Crippen molar-refractivity contribution in [1.82, 2.24) is 19.9 Å². The minimum absolute atomic E-state index is 0.00288. The number of alkyl halides is 3. The highest BCUT2D eigenvalue weighted by Crippen LogP contribution is 2.38. The number of aromatic nitrogens is 3. The van der Waals surface area contributed by atoms with E-state index in [4.69, 9.17) is 0 Å². The molecule has 1 amide bonds. The quantitative estimate of drug-likeness (QED) is 0.408. The van der Waals surface area contributed by atoms with Crippen LogP contribution in [0.5, 0.6) is 0 Å². The largest absolute Gasteiger partial charge is 0.417 e. The van der Waals surface area contributed by atoms with Crippen molar-refractivity contribution in [3.8, 4) is 0 Å². The van der Waals surface area contributed by atoms with E-state index in [9.17, 15) is 31.5 Å². The molecule has 0 saturated heterocycles. The molecule has 0 aliphatic heterocycles. The molecule has 3 rings (SSSR count). The Bertz CT molecular complexity index is 1460. The van der Waals surface area contributed by atoms with Crippen LogP contribution in [0.15, 0.2) is 41.4 Å². The number of aliphatic hydroxyl groups excluding tert-OH is 1. The molecule has 0 fully saturated rings. The Morgan fingerprint density at radius 2 is 1.82 bits per heavy atom. The molecule has 2 N–H and O–H groups in total. The van der Waals surface area contributed by atoms with Crippen LogP contribution in [0.4, 0.5) is 13.2 Å². The van der Waals surface area contributed by atoms with Crippen molar-refractivity contribution in [2.24, 2.45) is 0 Å². The molecule has 0 spiro atoms. The van der Waals surface area contributed by atoms with E-state index in [-0.39, 0.29) is 40.6 Å². The number of sulfone groups is 1. The summed E-state index contributed by atoms with van der Waals surface area (Å²) in [5.74, 6) is -0.179. The first-order valence-corrected chi connectivity index (χ1v) is 14.0. The molecule has 212 valence electrons. The molecular weight excluding hydrogens is 533 g/mol. The summed E-state index contributed by atoms with van der Waals surface area (Å²) in [6.45, 7) is 9.76. The van der Waals surface area contributed by atoms with Gasteiger partial charge in [-0.2, -0.15) is 13.2 Å². The van der Waals surface area contributed by atoms with Gasteiger partial charge in [0.15, 0.2) is 9.84 Å². The van der Waals surface area contributed by atoms with E-state index in [2.05, 4.69) is 15.3 Å². The molecule has 0 radical (unpaired) electrons. The maximum atomic E-state index is 14.1. The molecule has 8 nitrogen and oxygen atoms in total. The summed E-state index contributed by atoms with van der Waals surface area (Å²) in [4.78, 5) is 21.8. The van der Waals surface area contributed by atoms with Crippen molar-refractivity contribution < 1.29 is 31.5 Å². The zero-order chi connectivity index (χ0) is 29.3. The SMILES string of the molecule is CCS(=O)(=O)c1ccc(CNC(=O)c2nc(C(C)(C)C)n(Cc3cccc(C(C)O)c3C(F)(F)F)c2C)nc1. The van der Waals surface area contributed by atoms with Gasteiger partial charge in [0.05, 0.1) is 34.6 Å². The van der Waals surface area contributed by atoms with Gasteiger partial charge in [0, 0.05) is 23.9 Å². The maximum Gasteiger partial charge on any atom is 0.417 e. The third kappa shape index (κ3) is 6.67. The topological polar surface area (TPSA) is 114 Å². The summed E-state index contributed by atoms with van der Waals surface area (Å²) in [7, 11) is -3.40. The third-order valence-corrected chi connectivity index (χ3v) is 8.04. The zero-order valence-corrected chi connectivity index (χ0v) is 23.5. The second-order valence-electron chi connectivity index (χ2n) is 10.3. The first kappa shape index (κ1) is 30.3. The van der Waals surface area contributed by atoms with Gasteiger partial charge in [0.25, 0.3) is 5.91 Å². The van der Waals surface area contributed by atoms with Crippen molar-refractivity contribution in [1.29, 1.82) is 0 Å². The minimum atomic E-state index is -4.70. The van der Waals surface area contributed by atoms with Crippen LogP contribution >= 0.6 is 0 Å². The molecule has 3 aromatic rings. The first-order valence-electron chi connectivity index (χ1n) is 12.4. The van der Waals surface area contributed by atoms with Crippen LogP contribution in [0.3, 0.4) is 0 Å². The smallest absolute Gasteiger partial charge is 0.389 e. The number of carbonyl (C=O) groups is 1. The lowest BCUT2D eigenvalue weighted by molar-refractivity contribution is -0.139. The van der Waals surface area contributed by atoms with Crippen LogP contribution in [0.25, 0.3) is 0 Å². The summed E-state index contributed by atoms with van der Waals surface area (Å²) >= 11 is 0. The number of amides is 1. The van der Waals surface area contributed by atoms with E-state index < -0.39 is 39.0 Å². The van der Waals surface area contributed by atoms with Crippen LogP contribution in [-0.2, 0) is 34.5 Å². The number of nitrogens with one attached hydrogen (secondary N) is 1. The Balaban J connectivity index is 1.95. The third-order valence-electron chi connectivity index (χ3n) is 6.32. The fourth-order valence-electron chi connectivity index (χ4n) is 4.25. The van der Waals surface area contributed by atoms with Gasteiger partial charge < -0.3 is 15.0 Å². The van der Waals surface area contributed by atoms with Gasteiger partial charge in [0.1, 0.15) is 11.5 Å². The van der Waals surface area contributed by atoms with Crippen molar-refractivity contribution in [3.63, 3.8) is 0 Å². The van der Waals surface area contributed by atoms with Gasteiger partial charge in [-0.05, 0) is 37.1 Å². The number of pyridine rings is 1. The number of halogens is 3. The number of carbonyl (C=O) groups excluding carboxylic acids is 1. The van der Waals surface area contributed by atoms with E-state index in [0.29, 0.717) is 17.2 Å². The monoisotopic (exact) mass is 566 g/mol. The average Bonchev–Trinajstić information content (AvgIpc) is 3.18. The van der Waals surface area contributed by atoms with Crippen molar-refractivity contribution >= 4 is 15.7 Å². The van der Waals surface area contributed by atoms with Gasteiger partial charge in [0.2, 0.25) is 0 Å². The van der Waals surface area contributed by atoms with E-state index >= 15 is 0 Å². The normalized spacial score (nSPS) is 13.4. The first-order chi connectivity index (χ1) is 18.0. The lowest BCUT2D eigenvalue weighted by atomic mass is 9.94. The standard InChI is InChI=1S/C27H33F3N4O4S/c1-7-39(37,38)20-12-11-19(31-14-20)13-32-24(36)23-16(2)34(25(33-23)26(4,5)6)15-18-9-8-10-21(17(3)35)22(18)27(28,29)30/h8-12,14,17,35H,7,13,15H2,1-6H3,(H,32,36). The van der Waals surface area contributed by atoms with Crippen molar-refractivity contribution in [2.75, 3.05) is 5.75 Å².